The van der Waals surface area contributed by atoms with Crippen LogP contribution in [-0.4, -0.2) is 26.3 Å². The fourth-order valence-electron chi connectivity index (χ4n) is 1.65. The Bertz CT molecular complexity index is 117. The van der Waals surface area contributed by atoms with Gasteiger partial charge >= 0.3 is 0 Å². The Morgan fingerprint density at radius 1 is 1.29 bits per heavy atom. The molecule has 0 saturated carbocycles. The van der Waals surface area contributed by atoms with Gasteiger partial charge in [0, 0.05) is 19.8 Å². The average Bonchev–Trinajstić information content (AvgIpc) is 2.22. The number of hydrogen-bond acceptors (Lipinski definition) is 2. The zero-order valence-electron chi connectivity index (χ0n) is 10.3. The van der Waals surface area contributed by atoms with Crippen LogP contribution in [0.25, 0.3) is 0 Å². The van der Waals surface area contributed by atoms with Crippen LogP contribution in [0.2, 0.25) is 0 Å². The van der Waals surface area contributed by atoms with Crippen LogP contribution >= 0.6 is 0 Å². The third kappa shape index (κ3) is 6.39. The van der Waals surface area contributed by atoms with E-state index in [9.17, 15) is 0 Å². The Morgan fingerprint density at radius 3 is 2.50 bits per heavy atom. The molecule has 86 valence electrons. The van der Waals surface area contributed by atoms with E-state index in [0.717, 1.165) is 19.1 Å². The summed E-state index contributed by atoms with van der Waals surface area (Å²) in [7, 11) is 1.78. The summed E-state index contributed by atoms with van der Waals surface area (Å²) in [6, 6.07) is 0.676. The van der Waals surface area contributed by atoms with Crippen LogP contribution in [0.3, 0.4) is 0 Å². The van der Waals surface area contributed by atoms with Crippen molar-refractivity contribution in [2.75, 3.05) is 20.3 Å². The van der Waals surface area contributed by atoms with Gasteiger partial charge in [-0.2, -0.15) is 0 Å². The van der Waals surface area contributed by atoms with Gasteiger partial charge in [-0.1, -0.05) is 27.2 Å². The van der Waals surface area contributed by atoms with Crippen molar-refractivity contribution in [2.24, 2.45) is 5.92 Å². The van der Waals surface area contributed by atoms with Gasteiger partial charge in [-0.3, -0.25) is 0 Å². The molecule has 2 heteroatoms. The maximum Gasteiger partial charge on any atom is 0.0462 e. The SMILES string of the molecule is CCCNC(CCCOC)C(C)CC. The highest BCUT2D eigenvalue weighted by Crippen LogP contribution is 2.12. The van der Waals surface area contributed by atoms with E-state index in [1.807, 2.05) is 0 Å². The summed E-state index contributed by atoms with van der Waals surface area (Å²) in [6.07, 6.45) is 4.89. The first kappa shape index (κ1) is 13.9. The first-order valence-electron chi connectivity index (χ1n) is 5.98. The molecule has 0 spiro atoms. The topological polar surface area (TPSA) is 21.3 Å². The fourth-order valence-corrected chi connectivity index (χ4v) is 1.65. The standard InChI is InChI=1S/C12H27NO/c1-5-9-13-12(11(3)6-2)8-7-10-14-4/h11-13H,5-10H2,1-4H3. The Morgan fingerprint density at radius 2 is 2.00 bits per heavy atom. The monoisotopic (exact) mass is 201 g/mol. The predicted molar refractivity (Wildman–Crippen MR) is 62.6 cm³/mol. The van der Waals surface area contributed by atoms with Gasteiger partial charge in [-0.25, -0.2) is 0 Å². The predicted octanol–water partition coefficient (Wildman–Crippen LogP) is 2.83. The molecule has 2 nitrogen and oxygen atoms in total. The summed E-state index contributed by atoms with van der Waals surface area (Å²) in [5, 5.41) is 3.62. The first-order valence-corrected chi connectivity index (χ1v) is 5.98. The lowest BCUT2D eigenvalue weighted by Crippen LogP contribution is -2.35. The summed E-state index contributed by atoms with van der Waals surface area (Å²) >= 11 is 0. The Kier molecular flexibility index (Phi) is 9.42. The first-order chi connectivity index (χ1) is 6.76. The fraction of sp³-hybridized carbons (Fsp3) is 1.00. The Hall–Kier alpha value is -0.0800. The molecule has 0 aromatic rings. The van der Waals surface area contributed by atoms with Crippen LogP contribution in [0.1, 0.15) is 46.5 Å². The Balaban J connectivity index is 3.72. The molecule has 0 aliphatic heterocycles. The van der Waals surface area contributed by atoms with Gasteiger partial charge in [-0.15, -0.1) is 0 Å². The maximum atomic E-state index is 5.08. The molecule has 2 unspecified atom stereocenters. The molecule has 0 heterocycles. The lowest BCUT2D eigenvalue weighted by molar-refractivity contribution is 0.184. The highest BCUT2D eigenvalue weighted by Gasteiger charge is 2.13. The minimum atomic E-state index is 0.676. The highest BCUT2D eigenvalue weighted by atomic mass is 16.5. The van der Waals surface area contributed by atoms with Crippen LogP contribution in [0.4, 0.5) is 0 Å². The van der Waals surface area contributed by atoms with Crippen molar-refractivity contribution < 1.29 is 4.74 Å². The molecule has 0 aromatic heterocycles. The second-order valence-corrected chi connectivity index (χ2v) is 4.08. The van der Waals surface area contributed by atoms with E-state index in [2.05, 4.69) is 26.1 Å². The van der Waals surface area contributed by atoms with E-state index in [0.29, 0.717) is 6.04 Å². The average molecular weight is 201 g/mol. The van der Waals surface area contributed by atoms with Crippen molar-refractivity contribution in [3.8, 4) is 0 Å². The minimum absolute atomic E-state index is 0.676. The highest BCUT2D eigenvalue weighted by molar-refractivity contribution is 4.72. The molecule has 0 bridgehead atoms. The molecule has 2 atom stereocenters. The van der Waals surface area contributed by atoms with Crippen LogP contribution < -0.4 is 5.32 Å². The van der Waals surface area contributed by atoms with Crippen molar-refractivity contribution in [1.29, 1.82) is 0 Å². The molecular weight excluding hydrogens is 174 g/mol. The van der Waals surface area contributed by atoms with Crippen LogP contribution in [0, 0.1) is 5.92 Å². The van der Waals surface area contributed by atoms with Gasteiger partial charge in [-0.05, 0) is 31.7 Å². The lowest BCUT2D eigenvalue weighted by atomic mass is 9.95. The van der Waals surface area contributed by atoms with Crippen molar-refractivity contribution in [2.45, 2.75) is 52.5 Å². The van der Waals surface area contributed by atoms with E-state index in [-0.39, 0.29) is 0 Å². The third-order valence-corrected chi connectivity index (χ3v) is 2.85. The maximum absolute atomic E-state index is 5.08. The molecule has 0 fully saturated rings. The van der Waals surface area contributed by atoms with Gasteiger partial charge in [0.2, 0.25) is 0 Å². The third-order valence-electron chi connectivity index (χ3n) is 2.85. The molecule has 0 saturated heterocycles. The second kappa shape index (κ2) is 9.47. The van der Waals surface area contributed by atoms with E-state index in [1.165, 1.54) is 25.7 Å². The molecule has 1 N–H and O–H groups in total. The van der Waals surface area contributed by atoms with Gasteiger partial charge in [0.05, 0.1) is 0 Å². The molecular formula is C12H27NO. The summed E-state index contributed by atoms with van der Waals surface area (Å²) in [5.74, 6) is 0.776. The lowest BCUT2D eigenvalue weighted by Gasteiger charge is -2.24. The van der Waals surface area contributed by atoms with E-state index >= 15 is 0 Å². The van der Waals surface area contributed by atoms with Crippen LogP contribution in [-0.2, 0) is 4.74 Å². The summed E-state index contributed by atoms with van der Waals surface area (Å²) < 4.78 is 5.08. The molecule has 0 radical (unpaired) electrons. The van der Waals surface area contributed by atoms with E-state index < -0.39 is 0 Å². The Labute approximate surface area is 89.4 Å². The van der Waals surface area contributed by atoms with Crippen LogP contribution in [0.5, 0.6) is 0 Å². The van der Waals surface area contributed by atoms with Crippen molar-refractivity contribution in [1.82, 2.24) is 5.32 Å². The van der Waals surface area contributed by atoms with Crippen LogP contribution in [0.15, 0.2) is 0 Å². The van der Waals surface area contributed by atoms with Gasteiger partial charge in [0.25, 0.3) is 0 Å². The van der Waals surface area contributed by atoms with Gasteiger partial charge < -0.3 is 10.1 Å². The molecule has 14 heavy (non-hydrogen) atoms. The number of hydrogen-bond donors (Lipinski definition) is 1. The van der Waals surface area contributed by atoms with Crippen molar-refractivity contribution in [3.05, 3.63) is 0 Å². The van der Waals surface area contributed by atoms with Gasteiger partial charge in [0.15, 0.2) is 0 Å². The normalized spacial score (nSPS) is 15.4. The van der Waals surface area contributed by atoms with Crippen molar-refractivity contribution >= 4 is 0 Å². The summed E-state index contributed by atoms with van der Waals surface area (Å²) in [4.78, 5) is 0. The van der Waals surface area contributed by atoms with Crippen molar-refractivity contribution in [3.63, 3.8) is 0 Å². The van der Waals surface area contributed by atoms with Gasteiger partial charge in [0.1, 0.15) is 0 Å². The number of ether oxygens (including phenoxy) is 1. The minimum Gasteiger partial charge on any atom is -0.385 e. The number of methoxy groups -OCH3 is 1. The second-order valence-electron chi connectivity index (χ2n) is 4.08. The molecule has 0 aliphatic carbocycles. The smallest absolute Gasteiger partial charge is 0.0462 e. The molecule has 0 aliphatic rings. The van der Waals surface area contributed by atoms with E-state index in [4.69, 9.17) is 4.74 Å². The van der Waals surface area contributed by atoms with E-state index in [1.54, 1.807) is 7.11 Å². The zero-order valence-corrected chi connectivity index (χ0v) is 10.3. The summed E-state index contributed by atoms with van der Waals surface area (Å²) in [5.41, 5.74) is 0. The largest absolute Gasteiger partial charge is 0.385 e. The molecule has 0 rings (SSSR count). The zero-order chi connectivity index (χ0) is 10.8. The molecule has 0 aromatic carbocycles. The number of nitrogens with one attached hydrogen (secondary N) is 1. The molecule has 0 amide bonds. The quantitative estimate of drug-likeness (QED) is 0.579. The summed E-state index contributed by atoms with van der Waals surface area (Å²) in [6.45, 7) is 8.85. The number of rotatable bonds is 9.